The molecule has 21 heavy (non-hydrogen) atoms. The monoisotopic (exact) mass is 287 g/mol. The van der Waals surface area contributed by atoms with Gasteiger partial charge in [-0.1, -0.05) is 13.8 Å². The minimum Gasteiger partial charge on any atom is -0.318 e. The first-order chi connectivity index (χ1) is 10.1. The number of fused-ring (bicyclic) bond motifs is 1. The predicted molar refractivity (Wildman–Crippen MR) is 80.2 cm³/mol. The number of hydrogen-bond acceptors (Lipinski definition) is 3. The second kappa shape index (κ2) is 5.35. The van der Waals surface area contributed by atoms with Crippen molar-refractivity contribution >= 4 is 11.6 Å². The van der Waals surface area contributed by atoms with Crippen LogP contribution in [0.1, 0.15) is 42.5 Å². The molecule has 0 saturated carbocycles. The Morgan fingerprint density at radius 3 is 2.90 bits per heavy atom. The largest absolute Gasteiger partial charge is 0.318 e. The molecule has 2 aromatic rings. The van der Waals surface area contributed by atoms with Crippen LogP contribution in [-0.4, -0.2) is 25.9 Å². The fourth-order valence-corrected chi connectivity index (χ4v) is 2.82. The molecule has 0 spiro atoms. The van der Waals surface area contributed by atoms with Crippen molar-refractivity contribution in [2.24, 2.45) is 11.8 Å². The number of aryl methyl sites for hydroxylation is 1. The Labute approximate surface area is 123 Å². The van der Waals surface area contributed by atoms with E-state index in [0.717, 1.165) is 30.6 Å². The topological polar surface area (TPSA) is 75.6 Å². The number of hydrogen-bond donors (Lipinski definition) is 2. The first-order valence-corrected chi connectivity index (χ1v) is 7.48. The molecule has 1 aliphatic carbocycles. The van der Waals surface area contributed by atoms with Crippen molar-refractivity contribution in [3.8, 4) is 0 Å². The van der Waals surface area contributed by atoms with Crippen LogP contribution in [0.3, 0.4) is 0 Å². The van der Waals surface area contributed by atoms with E-state index in [2.05, 4.69) is 34.5 Å². The van der Waals surface area contributed by atoms with Gasteiger partial charge in [-0.25, -0.2) is 0 Å². The third-order valence-electron chi connectivity index (χ3n) is 4.41. The molecule has 2 heterocycles. The maximum atomic E-state index is 12.4. The molecule has 0 fully saturated rings. The summed E-state index contributed by atoms with van der Waals surface area (Å²) in [4.78, 5) is 12.4. The molecule has 2 aromatic heterocycles. The van der Waals surface area contributed by atoms with Crippen LogP contribution in [0.2, 0.25) is 0 Å². The second-order valence-electron chi connectivity index (χ2n) is 5.93. The maximum absolute atomic E-state index is 12.4. The van der Waals surface area contributed by atoms with E-state index in [1.54, 1.807) is 10.9 Å². The van der Waals surface area contributed by atoms with E-state index >= 15 is 0 Å². The van der Waals surface area contributed by atoms with Gasteiger partial charge in [0.25, 0.3) is 5.91 Å². The molecule has 3 rings (SSSR count). The molecular weight excluding hydrogens is 266 g/mol. The number of H-pyrrole nitrogens is 1. The lowest BCUT2D eigenvalue weighted by molar-refractivity contribution is 0.102. The molecule has 1 aliphatic rings. The summed E-state index contributed by atoms with van der Waals surface area (Å²) in [5, 5.41) is 14.3. The van der Waals surface area contributed by atoms with Gasteiger partial charge in [-0.15, -0.1) is 0 Å². The zero-order valence-electron chi connectivity index (χ0n) is 12.7. The van der Waals surface area contributed by atoms with Gasteiger partial charge in [0, 0.05) is 24.0 Å². The van der Waals surface area contributed by atoms with Gasteiger partial charge in [-0.2, -0.15) is 10.2 Å². The van der Waals surface area contributed by atoms with E-state index in [1.165, 1.54) is 0 Å². The van der Waals surface area contributed by atoms with Crippen LogP contribution in [0.25, 0.3) is 0 Å². The number of carbonyl (C=O) groups is 1. The molecule has 1 amide bonds. The highest BCUT2D eigenvalue weighted by molar-refractivity contribution is 6.03. The van der Waals surface area contributed by atoms with Crippen molar-refractivity contribution in [3.05, 3.63) is 29.3 Å². The number of amides is 1. The molecule has 0 aliphatic heterocycles. The highest BCUT2D eigenvalue weighted by Gasteiger charge is 2.28. The zero-order valence-corrected chi connectivity index (χ0v) is 12.7. The molecule has 0 saturated heterocycles. The summed E-state index contributed by atoms with van der Waals surface area (Å²) in [6.07, 6.45) is 5.35. The summed E-state index contributed by atoms with van der Waals surface area (Å²) < 4.78 is 1.78. The van der Waals surface area contributed by atoms with Gasteiger partial charge in [-0.3, -0.25) is 14.6 Å². The molecule has 0 aromatic carbocycles. The number of nitrogens with zero attached hydrogens (tertiary/aromatic N) is 3. The normalized spacial score (nSPS) is 21.1. The number of carbonyl (C=O) groups excluding carboxylic acids is 1. The average molecular weight is 287 g/mol. The third-order valence-corrected chi connectivity index (χ3v) is 4.41. The minimum atomic E-state index is -0.162. The fourth-order valence-electron chi connectivity index (χ4n) is 2.82. The van der Waals surface area contributed by atoms with E-state index in [9.17, 15) is 4.79 Å². The van der Waals surface area contributed by atoms with Gasteiger partial charge >= 0.3 is 0 Å². The van der Waals surface area contributed by atoms with Crippen molar-refractivity contribution in [1.29, 1.82) is 0 Å². The Kier molecular flexibility index (Phi) is 3.53. The van der Waals surface area contributed by atoms with Crippen LogP contribution in [-0.2, 0) is 19.4 Å². The summed E-state index contributed by atoms with van der Waals surface area (Å²) in [7, 11) is 0. The molecule has 112 valence electrons. The van der Waals surface area contributed by atoms with E-state index in [1.807, 2.05) is 13.1 Å². The Morgan fingerprint density at radius 1 is 1.43 bits per heavy atom. The van der Waals surface area contributed by atoms with Crippen LogP contribution in [0.4, 0.5) is 5.69 Å². The van der Waals surface area contributed by atoms with Crippen molar-refractivity contribution in [1.82, 2.24) is 20.0 Å². The molecule has 6 heteroatoms. The standard InChI is InChI=1S/C15H21N5O/c1-4-20-8-11(7-16-20)17-15(21)14-12-5-9(2)10(3)6-13(12)18-19-14/h7-10H,4-6H2,1-3H3,(H,17,21)(H,18,19). The van der Waals surface area contributed by atoms with E-state index in [0.29, 0.717) is 23.2 Å². The van der Waals surface area contributed by atoms with Crippen LogP contribution in [0.5, 0.6) is 0 Å². The Hall–Kier alpha value is -2.11. The lowest BCUT2D eigenvalue weighted by atomic mass is 9.80. The molecule has 0 bridgehead atoms. The van der Waals surface area contributed by atoms with Gasteiger partial charge in [-0.05, 0) is 31.6 Å². The number of aromatic amines is 1. The summed E-state index contributed by atoms with van der Waals surface area (Å²) >= 11 is 0. The lowest BCUT2D eigenvalue weighted by Crippen LogP contribution is -2.22. The third kappa shape index (κ3) is 2.57. The highest BCUT2D eigenvalue weighted by Crippen LogP contribution is 2.30. The van der Waals surface area contributed by atoms with Crippen molar-refractivity contribution in [2.45, 2.75) is 40.2 Å². The maximum Gasteiger partial charge on any atom is 0.276 e. The van der Waals surface area contributed by atoms with Crippen molar-refractivity contribution in [3.63, 3.8) is 0 Å². The SMILES string of the molecule is CCn1cc(NC(=O)c2n[nH]c3c2CC(C)C(C)C3)cn1. The molecule has 2 N–H and O–H groups in total. The quantitative estimate of drug-likeness (QED) is 0.909. The van der Waals surface area contributed by atoms with Crippen LogP contribution >= 0.6 is 0 Å². The van der Waals surface area contributed by atoms with E-state index in [4.69, 9.17) is 0 Å². The van der Waals surface area contributed by atoms with Gasteiger partial charge in [0.1, 0.15) is 0 Å². The fraction of sp³-hybridized carbons (Fsp3) is 0.533. The Balaban J connectivity index is 1.80. The smallest absolute Gasteiger partial charge is 0.276 e. The van der Waals surface area contributed by atoms with Crippen molar-refractivity contribution < 1.29 is 4.79 Å². The van der Waals surface area contributed by atoms with Crippen LogP contribution in [0, 0.1) is 11.8 Å². The van der Waals surface area contributed by atoms with Gasteiger partial charge < -0.3 is 5.32 Å². The van der Waals surface area contributed by atoms with E-state index < -0.39 is 0 Å². The first-order valence-electron chi connectivity index (χ1n) is 7.48. The van der Waals surface area contributed by atoms with Crippen LogP contribution < -0.4 is 5.32 Å². The van der Waals surface area contributed by atoms with Gasteiger partial charge in [0.2, 0.25) is 0 Å². The number of aromatic nitrogens is 4. The predicted octanol–water partition coefficient (Wildman–Crippen LogP) is 2.25. The average Bonchev–Trinajstić information content (AvgIpc) is 3.06. The summed E-state index contributed by atoms with van der Waals surface area (Å²) in [5.41, 5.74) is 3.40. The zero-order chi connectivity index (χ0) is 15.0. The Morgan fingerprint density at radius 2 is 2.19 bits per heavy atom. The number of rotatable bonds is 3. The van der Waals surface area contributed by atoms with Crippen molar-refractivity contribution in [2.75, 3.05) is 5.32 Å². The number of nitrogens with one attached hydrogen (secondary N) is 2. The lowest BCUT2D eigenvalue weighted by Gasteiger charge is -2.25. The van der Waals surface area contributed by atoms with Crippen LogP contribution in [0.15, 0.2) is 12.4 Å². The molecule has 2 unspecified atom stereocenters. The second-order valence-corrected chi connectivity index (χ2v) is 5.93. The summed E-state index contributed by atoms with van der Waals surface area (Å²) in [5.74, 6) is 1.03. The molecule has 6 nitrogen and oxygen atoms in total. The Bertz CT molecular complexity index is 657. The molecular formula is C15H21N5O. The van der Waals surface area contributed by atoms with Gasteiger partial charge in [0.05, 0.1) is 11.9 Å². The molecule has 2 atom stereocenters. The number of anilines is 1. The highest BCUT2D eigenvalue weighted by atomic mass is 16.2. The first kappa shape index (κ1) is 13.9. The molecule has 0 radical (unpaired) electrons. The summed E-state index contributed by atoms with van der Waals surface area (Å²) in [6.45, 7) is 7.26. The van der Waals surface area contributed by atoms with Gasteiger partial charge in [0.15, 0.2) is 5.69 Å². The minimum absolute atomic E-state index is 0.162. The van der Waals surface area contributed by atoms with E-state index in [-0.39, 0.29) is 5.91 Å². The summed E-state index contributed by atoms with van der Waals surface area (Å²) in [6, 6.07) is 0.